The molecule has 0 saturated carbocycles. The Hall–Kier alpha value is -1.72. The van der Waals surface area contributed by atoms with Gasteiger partial charge >= 0.3 is 0 Å². The standard InChI is InChI=1S/C12H15FN2O2/c1-15(2)7-10(12(14)17)11(16)8-3-5-9(13)6-4-8/h3-7,12,17H,14H2,1-2H3/b10-7-/t12-/m0/s1. The number of carbonyl (C=O) groups excluding carboxylic acids is 1. The quantitative estimate of drug-likeness (QED) is 0.461. The van der Waals surface area contributed by atoms with Gasteiger partial charge in [0.15, 0.2) is 5.78 Å². The van der Waals surface area contributed by atoms with Crippen molar-refractivity contribution in [3.8, 4) is 0 Å². The highest BCUT2D eigenvalue weighted by Crippen LogP contribution is 2.11. The number of halogens is 1. The molecule has 1 aromatic rings. The van der Waals surface area contributed by atoms with E-state index in [-0.39, 0.29) is 11.1 Å². The summed E-state index contributed by atoms with van der Waals surface area (Å²) in [6.07, 6.45) is 0.0750. The van der Waals surface area contributed by atoms with Crippen molar-refractivity contribution < 1.29 is 14.3 Å². The highest BCUT2D eigenvalue weighted by Gasteiger charge is 2.17. The maximum atomic E-state index is 12.7. The first-order chi connectivity index (χ1) is 7.91. The third-order valence-electron chi connectivity index (χ3n) is 2.08. The van der Waals surface area contributed by atoms with Gasteiger partial charge in [0.05, 0.1) is 5.57 Å². The highest BCUT2D eigenvalue weighted by atomic mass is 19.1. The zero-order valence-electron chi connectivity index (χ0n) is 9.72. The van der Waals surface area contributed by atoms with Gasteiger partial charge < -0.3 is 15.7 Å². The Morgan fingerprint density at radius 3 is 2.35 bits per heavy atom. The van der Waals surface area contributed by atoms with E-state index < -0.39 is 17.8 Å². The van der Waals surface area contributed by atoms with Crippen LogP contribution in [0.25, 0.3) is 0 Å². The van der Waals surface area contributed by atoms with Crippen LogP contribution in [0.1, 0.15) is 10.4 Å². The van der Waals surface area contributed by atoms with Crippen LogP contribution in [-0.4, -0.2) is 36.1 Å². The Morgan fingerprint density at radius 2 is 1.94 bits per heavy atom. The van der Waals surface area contributed by atoms with Gasteiger partial charge in [0, 0.05) is 25.9 Å². The number of hydrogen-bond acceptors (Lipinski definition) is 4. The van der Waals surface area contributed by atoms with Crippen LogP contribution in [0.4, 0.5) is 4.39 Å². The number of nitrogens with zero attached hydrogens (tertiary/aromatic N) is 1. The van der Waals surface area contributed by atoms with Crippen molar-refractivity contribution in [3.05, 3.63) is 47.4 Å². The van der Waals surface area contributed by atoms with Gasteiger partial charge in [-0.2, -0.15) is 0 Å². The van der Waals surface area contributed by atoms with Gasteiger partial charge in [-0.15, -0.1) is 0 Å². The number of carbonyl (C=O) groups is 1. The van der Waals surface area contributed by atoms with E-state index in [1.54, 1.807) is 19.0 Å². The molecule has 1 aromatic carbocycles. The molecule has 4 nitrogen and oxygen atoms in total. The summed E-state index contributed by atoms with van der Waals surface area (Å²) in [6.45, 7) is 0. The van der Waals surface area contributed by atoms with Crippen molar-refractivity contribution in [3.63, 3.8) is 0 Å². The zero-order valence-corrected chi connectivity index (χ0v) is 9.72. The minimum absolute atomic E-state index is 0.0570. The third-order valence-corrected chi connectivity index (χ3v) is 2.08. The second-order valence-corrected chi connectivity index (χ2v) is 3.83. The van der Waals surface area contributed by atoms with Crippen molar-refractivity contribution in [2.75, 3.05) is 14.1 Å². The average molecular weight is 238 g/mol. The van der Waals surface area contributed by atoms with Crippen molar-refractivity contribution in [1.29, 1.82) is 0 Å². The lowest BCUT2D eigenvalue weighted by atomic mass is 10.0. The molecular formula is C12H15FN2O2. The van der Waals surface area contributed by atoms with Gasteiger partial charge in [-0.25, -0.2) is 4.39 Å². The fraction of sp³-hybridized carbons (Fsp3) is 0.250. The summed E-state index contributed by atoms with van der Waals surface area (Å²) in [5.74, 6) is -0.846. The van der Waals surface area contributed by atoms with Crippen LogP contribution in [0.3, 0.4) is 0 Å². The Kier molecular flexibility index (Phi) is 4.37. The fourth-order valence-electron chi connectivity index (χ4n) is 1.32. The predicted octanol–water partition coefficient (Wildman–Crippen LogP) is 0.731. The monoisotopic (exact) mass is 238 g/mol. The lowest BCUT2D eigenvalue weighted by Gasteiger charge is -2.13. The van der Waals surface area contributed by atoms with Crippen molar-refractivity contribution in [1.82, 2.24) is 4.90 Å². The van der Waals surface area contributed by atoms with Gasteiger partial charge in [-0.05, 0) is 24.3 Å². The molecule has 0 radical (unpaired) electrons. The van der Waals surface area contributed by atoms with Gasteiger partial charge in [0.2, 0.25) is 0 Å². The fourth-order valence-corrected chi connectivity index (χ4v) is 1.32. The van der Waals surface area contributed by atoms with Crippen LogP contribution < -0.4 is 5.73 Å². The molecule has 3 N–H and O–H groups in total. The lowest BCUT2D eigenvalue weighted by molar-refractivity contribution is 0.0987. The van der Waals surface area contributed by atoms with Crippen molar-refractivity contribution in [2.24, 2.45) is 5.73 Å². The van der Waals surface area contributed by atoms with Crippen LogP contribution in [0.2, 0.25) is 0 Å². The Morgan fingerprint density at radius 1 is 1.41 bits per heavy atom. The van der Waals surface area contributed by atoms with E-state index in [0.717, 1.165) is 0 Å². The molecular weight excluding hydrogens is 223 g/mol. The molecule has 0 aliphatic heterocycles. The highest BCUT2D eigenvalue weighted by molar-refractivity contribution is 6.09. The minimum Gasteiger partial charge on any atom is -0.383 e. The number of benzene rings is 1. The predicted molar refractivity (Wildman–Crippen MR) is 62.7 cm³/mol. The lowest BCUT2D eigenvalue weighted by Crippen LogP contribution is -2.28. The molecule has 0 aromatic heterocycles. The first-order valence-corrected chi connectivity index (χ1v) is 5.04. The molecule has 0 aliphatic carbocycles. The maximum absolute atomic E-state index is 12.7. The van der Waals surface area contributed by atoms with E-state index in [4.69, 9.17) is 5.73 Å². The van der Waals surface area contributed by atoms with Crippen LogP contribution in [-0.2, 0) is 0 Å². The smallest absolute Gasteiger partial charge is 0.194 e. The van der Waals surface area contributed by atoms with Gasteiger partial charge in [-0.3, -0.25) is 4.79 Å². The molecule has 0 heterocycles. The SMILES string of the molecule is CN(C)/C=C(/C(=O)c1ccc(F)cc1)[C@@H](N)O. The van der Waals surface area contributed by atoms with Gasteiger partial charge in [0.1, 0.15) is 12.0 Å². The summed E-state index contributed by atoms with van der Waals surface area (Å²) < 4.78 is 12.7. The van der Waals surface area contributed by atoms with Crippen molar-refractivity contribution in [2.45, 2.75) is 6.23 Å². The van der Waals surface area contributed by atoms with E-state index in [2.05, 4.69) is 0 Å². The summed E-state index contributed by atoms with van der Waals surface area (Å²) in [7, 11) is 3.42. The molecule has 0 fully saturated rings. The van der Waals surface area contributed by atoms with Gasteiger partial charge in [0.25, 0.3) is 0 Å². The number of Topliss-reactive ketones (excluding diaryl/α,β-unsaturated/α-hetero) is 1. The number of hydrogen-bond donors (Lipinski definition) is 2. The second kappa shape index (κ2) is 5.56. The molecule has 17 heavy (non-hydrogen) atoms. The van der Waals surface area contributed by atoms with E-state index in [1.165, 1.54) is 30.5 Å². The third kappa shape index (κ3) is 3.65. The van der Waals surface area contributed by atoms with E-state index in [0.29, 0.717) is 0 Å². The molecule has 0 aliphatic rings. The normalized spacial score (nSPS) is 13.4. The Balaban J connectivity index is 3.05. The number of aliphatic hydroxyl groups is 1. The molecule has 0 bridgehead atoms. The molecule has 0 spiro atoms. The van der Waals surface area contributed by atoms with Crippen LogP contribution in [0, 0.1) is 5.82 Å². The van der Waals surface area contributed by atoms with E-state index in [9.17, 15) is 14.3 Å². The van der Waals surface area contributed by atoms with Crippen LogP contribution in [0.5, 0.6) is 0 Å². The summed E-state index contributed by atoms with van der Waals surface area (Å²) in [5.41, 5.74) is 5.66. The largest absolute Gasteiger partial charge is 0.383 e. The molecule has 0 amide bonds. The van der Waals surface area contributed by atoms with Crippen LogP contribution >= 0.6 is 0 Å². The molecule has 0 unspecified atom stereocenters. The molecule has 5 heteroatoms. The number of ketones is 1. The molecule has 1 atom stereocenters. The Labute approximate surface area is 99.2 Å². The van der Waals surface area contributed by atoms with Gasteiger partial charge in [-0.1, -0.05) is 0 Å². The summed E-state index contributed by atoms with van der Waals surface area (Å²) in [4.78, 5) is 13.6. The first-order valence-electron chi connectivity index (χ1n) is 5.04. The van der Waals surface area contributed by atoms with Crippen molar-refractivity contribution >= 4 is 5.78 Å². The molecule has 1 rings (SSSR count). The topological polar surface area (TPSA) is 66.6 Å². The van der Waals surface area contributed by atoms with Crippen LogP contribution in [0.15, 0.2) is 36.0 Å². The number of aliphatic hydroxyl groups excluding tert-OH is 1. The number of rotatable bonds is 4. The number of nitrogens with two attached hydrogens (primary N) is 1. The summed E-state index contributed by atoms with van der Waals surface area (Å²) in [5, 5.41) is 9.34. The second-order valence-electron chi connectivity index (χ2n) is 3.83. The van der Waals surface area contributed by atoms with E-state index >= 15 is 0 Å². The molecule has 0 saturated heterocycles. The first kappa shape index (κ1) is 13.3. The Bertz CT molecular complexity index is 425. The molecule has 92 valence electrons. The zero-order chi connectivity index (χ0) is 13.0. The average Bonchev–Trinajstić information content (AvgIpc) is 2.25. The minimum atomic E-state index is -1.37. The summed E-state index contributed by atoms with van der Waals surface area (Å²) in [6, 6.07) is 5.07. The maximum Gasteiger partial charge on any atom is 0.194 e. The van der Waals surface area contributed by atoms with E-state index in [1.807, 2.05) is 0 Å². The summed E-state index contributed by atoms with van der Waals surface area (Å²) >= 11 is 0.